The van der Waals surface area contributed by atoms with Gasteiger partial charge >= 0.3 is 0 Å². The van der Waals surface area contributed by atoms with Crippen molar-refractivity contribution >= 4 is 50.9 Å². The molecule has 246 valence electrons. The molecule has 3 aromatic carbocycles. The van der Waals surface area contributed by atoms with Gasteiger partial charge in [0.1, 0.15) is 0 Å². The minimum absolute atomic E-state index is 0.0433. The number of hydrogen-bond donors (Lipinski definition) is 3. The highest BCUT2D eigenvalue weighted by Gasteiger charge is 2.20. The maximum Gasteiger partial charge on any atom is 0.269 e. The molecule has 0 amide bonds. The van der Waals surface area contributed by atoms with Crippen LogP contribution in [-0.4, -0.2) is 24.9 Å². The second-order valence-corrected chi connectivity index (χ2v) is 13.5. The third kappa shape index (κ3) is 5.19. The van der Waals surface area contributed by atoms with E-state index >= 15 is 0 Å². The summed E-state index contributed by atoms with van der Waals surface area (Å²) in [5.74, 6) is 0. The number of nitrogens with one attached hydrogen (secondary N) is 3. The Bertz CT molecular complexity index is 2640. The van der Waals surface area contributed by atoms with Gasteiger partial charge in [0.05, 0.1) is 27.3 Å². The predicted molar refractivity (Wildman–Crippen MR) is 207 cm³/mol. The monoisotopic (exact) mass is 655 g/mol. The number of aromatic amines is 3. The minimum Gasteiger partial charge on any atom is -0.354 e. The first-order chi connectivity index (χ1) is 24.0. The Hall–Kier alpha value is -6.21. The van der Waals surface area contributed by atoms with Gasteiger partial charge in [-0.05, 0) is 141 Å². The van der Waals surface area contributed by atoms with Crippen molar-refractivity contribution in [2.75, 3.05) is 0 Å². The molecule has 1 aliphatic rings. The maximum atomic E-state index is 11.6. The molecule has 0 atom stereocenters. The van der Waals surface area contributed by atoms with E-state index in [0.717, 1.165) is 72.3 Å². The van der Waals surface area contributed by atoms with Gasteiger partial charge in [0, 0.05) is 50.9 Å². The Morgan fingerprint density at radius 3 is 1.34 bits per heavy atom. The molecule has 7 nitrogen and oxygen atoms in total. The van der Waals surface area contributed by atoms with Crippen LogP contribution in [0.15, 0.2) is 84.9 Å². The SMILES string of the molecule is Cc1cc(C)c(-c2c3nc(c(-c4ccc([N+](=O)[O-])cc4)c4ccc([nH]4)c(-c4c(C)cc(C)cc4C)c4ccc([nH]4)c4ccc2[nH]4)C=C3)c(C)c1. The third-order valence-corrected chi connectivity index (χ3v) is 9.80. The van der Waals surface area contributed by atoms with Gasteiger partial charge in [0.25, 0.3) is 5.69 Å². The fraction of sp³-hybridized carbons (Fsp3) is 0.140. The summed E-state index contributed by atoms with van der Waals surface area (Å²) in [5, 5.41) is 11.6. The van der Waals surface area contributed by atoms with Gasteiger partial charge in [-0.15, -0.1) is 0 Å². The molecule has 0 unspecified atom stereocenters. The van der Waals surface area contributed by atoms with Crippen LogP contribution >= 0.6 is 0 Å². The molecule has 7 aromatic rings. The summed E-state index contributed by atoms with van der Waals surface area (Å²) in [5.41, 5.74) is 20.7. The van der Waals surface area contributed by atoms with E-state index in [0.29, 0.717) is 0 Å². The van der Waals surface area contributed by atoms with Gasteiger partial charge in [0.2, 0.25) is 0 Å². The largest absolute Gasteiger partial charge is 0.354 e. The zero-order valence-corrected chi connectivity index (χ0v) is 28.9. The fourth-order valence-electron chi connectivity index (χ4n) is 7.88. The van der Waals surface area contributed by atoms with Crippen LogP contribution in [0.4, 0.5) is 5.69 Å². The summed E-state index contributed by atoms with van der Waals surface area (Å²) in [6.45, 7) is 12.9. The zero-order chi connectivity index (χ0) is 34.8. The summed E-state index contributed by atoms with van der Waals surface area (Å²) in [6, 6.07) is 28.4. The fourth-order valence-corrected chi connectivity index (χ4v) is 7.88. The lowest BCUT2D eigenvalue weighted by Gasteiger charge is -2.13. The standard InChI is InChI=1S/C43H37N5O2/c1-23-19-25(3)39(26(4)20-23)42-35-13-11-31(44-35)32-12-14-36(45-32)43(40-27(5)21-24(2)22-28(40)6)38-18-16-34(47-38)41(33-15-17-37(42)46-33)29-7-9-30(10-8-29)48(49)50/h7-22,44-46H,1-6H3. The molecule has 3 N–H and O–H groups in total. The number of nitro groups is 1. The van der Waals surface area contributed by atoms with Crippen LogP contribution in [-0.2, 0) is 0 Å². The highest BCUT2D eigenvalue weighted by molar-refractivity contribution is 6.01. The Kier molecular flexibility index (Phi) is 7.30. The summed E-state index contributed by atoms with van der Waals surface area (Å²) >= 11 is 0. The van der Waals surface area contributed by atoms with Crippen LogP contribution < -0.4 is 0 Å². The average molecular weight is 656 g/mol. The molecule has 0 aliphatic carbocycles. The van der Waals surface area contributed by atoms with Crippen LogP contribution in [0.3, 0.4) is 0 Å². The molecule has 5 heterocycles. The Morgan fingerprint density at radius 1 is 0.480 bits per heavy atom. The number of rotatable bonds is 4. The third-order valence-electron chi connectivity index (χ3n) is 9.80. The average Bonchev–Trinajstić information content (AvgIpc) is 3.89. The highest BCUT2D eigenvalue weighted by atomic mass is 16.6. The van der Waals surface area contributed by atoms with Crippen molar-refractivity contribution in [3.05, 3.63) is 140 Å². The van der Waals surface area contributed by atoms with Crippen molar-refractivity contribution in [2.45, 2.75) is 41.5 Å². The molecular weight excluding hydrogens is 619 g/mol. The lowest BCUT2D eigenvalue weighted by atomic mass is 9.92. The van der Waals surface area contributed by atoms with Crippen molar-refractivity contribution in [3.63, 3.8) is 0 Å². The summed E-state index contributed by atoms with van der Waals surface area (Å²) in [6.07, 6.45) is 4.13. The van der Waals surface area contributed by atoms with Crippen molar-refractivity contribution in [3.8, 4) is 33.4 Å². The minimum atomic E-state index is -0.368. The van der Waals surface area contributed by atoms with E-state index in [1.54, 1.807) is 12.1 Å². The van der Waals surface area contributed by atoms with Crippen LogP contribution in [0.1, 0.15) is 44.8 Å². The van der Waals surface area contributed by atoms with Crippen molar-refractivity contribution in [1.82, 2.24) is 19.9 Å². The Labute approximate surface area is 289 Å². The van der Waals surface area contributed by atoms with Crippen LogP contribution in [0, 0.1) is 51.7 Å². The predicted octanol–water partition coefficient (Wildman–Crippen LogP) is 11.5. The summed E-state index contributed by atoms with van der Waals surface area (Å²) in [7, 11) is 0. The van der Waals surface area contributed by atoms with Gasteiger partial charge in [-0.2, -0.15) is 0 Å². The molecule has 0 saturated carbocycles. The van der Waals surface area contributed by atoms with Crippen molar-refractivity contribution in [1.29, 1.82) is 0 Å². The van der Waals surface area contributed by atoms with E-state index in [9.17, 15) is 10.1 Å². The number of aryl methyl sites for hydroxylation is 6. The van der Waals surface area contributed by atoms with Gasteiger partial charge in [0.15, 0.2) is 0 Å². The number of aromatic nitrogens is 4. The lowest BCUT2D eigenvalue weighted by molar-refractivity contribution is -0.384. The molecule has 0 fully saturated rings. The van der Waals surface area contributed by atoms with E-state index in [2.05, 4.69) is 129 Å². The number of benzene rings is 3. The van der Waals surface area contributed by atoms with E-state index in [-0.39, 0.29) is 10.6 Å². The molecule has 0 saturated heterocycles. The molecule has 8 rings (SSSR count). The zero-order valence-electron chi connectivity index (χ0n) is 28.9. The molecule has 0 spiro atoms. The number of hydrogen-bond acceptors (Lipinski definition) is 3. The second kappa shape index (κ2) is 11.7. The second-order valence-electron chi connectivity index (χ2n) is 13.5. The van der Waals surface area contributed by atoms with Gasteiger partial charge in [-0.1, -0.05) is 35.4 Å². The smallest absolute Gasteiger partial charge is 0.269 e. The van der Waals surface area contributed by atoms with Gasteiger partial charge < -0.3 is 15.0 Å². The van der Waals surface area contributed by atoms with Gasteiger partial charge in [-0.25, -0.2) is 4.98 Å². The number of fused-ring (bicyclic) bond motifs is 9. The van der Waals surface area contributed by atoms with E-state index in [1.165, 1.54) is 38.9 Å². The normalized spacial score (nSPS) is 11.9. The molecule has 0 radical (unpaired) electrons. The summed E-state index contributed by atoms with van der Waals surface area (Å²) in [4.78, 5) is 27.8. The molecule has 1 aliphatic heterocycles. The Balaban J connectivity index is 1.57. The highest BCUT2D eigenvalue weighted by Crippen LogP contribution is 2.39. The van der Waals surface area contributed by atoms with E-state index < -0.39 is 0 Å². The first kappa shape index (κ1) is 31.1. The molecule has 50 heavy (non-hydrogen) atoms. The van der Waals surface area contributed by atoms with E-state index in [4.69, 9.17) is 4.98 Å². The lowest BCUT2D eigenvalue weighted by Crippen LogP contribution is -1.94. The molecule has 4 aromatic heterocycles. The quantitative estimate of drug-likeness (QED) is 0.130. The van der Waals surface area contributed by atoms with Crippen LogP contribution in [0.25, 0.3) is 78.6 Å². The first-order valence-corrected chi connectivity index (χ1v) is 16.8. The van der Waals surface area contributed by atoms with Crippen LogP contribution in [0.5, 0.6) is 0 Å². The molecular formula is C43H37N5O2. The summed E-state index contributed by atoms with van der Waals surface area (Å²) < 4.78 is 0. The number of nitrogens with zero attached hydrogens (tertiary/aromatic N) is 2. The topological polar surface area (TPSA) is 103 Å². The number of H-pyrrole nitrogens is 3. The van der Waals surface area contributed by atoms with Crippen molar-refractivity contribution < 1.29 is 4.92 Å². The number of nitro benzene ring substituents is 1. The maximum absolute atomic E-state index is 11.6. The van der Waals surface area contributed by atoms with Crippen molar-refractivity contribution in [2.24, 2.45) is 0 Å². The Morgan fingerprint density at radius 2 is 0.860 bits per heavy atom. The van der Waals surface area contributed by atoms with E-state index in [1.807, 2.05) is 12.1 Å². The first-order valence-electron chi connectivity index (χ1n) is 16.8. The molecule has 8 bridgehead atoms. The van der Waals surface area contributed by atoms with Gasteiger partial charge in [-0.3, -0.25) is 10.1 Å². The number of non-ortho nitro benzene ring substituents is 1. The molecule has 7 heteroatoms. The van der Waals surface area contributed by atoms with Crippen LogP contribution in [0.2, 0.25) is 0 Å².